The van der Waals surface area contributed by atoms with Crippen LogP contribution in [0.1, 0.15) is 13.8 Å². The number of ether oxygens (including phenoxy) is 2. The molecular weight excluding hydrogens is 276 g/mol. The Labute approximate surface area is 83.9 Å². The van der Waals surface area contributed by atoms with E-state index in [1.54, 1.807) is 0 Å². The molecule has 0 radical (unpaired) electrons. The molecule has 2 unspecified atom stereocenters. The van der Waals surface area contributed by atoms with Gasteiger partial charge in [0.15, 0.2) is 5.79 Å². The quantitative estimate of drug-likeness (QED) is 0.726. The summed E-state index contributed by atoms with van der Waals surface area (Å²) in [6.45, 7) is 4.54. The summed E-state index contributed by atoms with van der Waals surface area (Å²) >= 11 is 6.88. The number of alkyl halides is 2. The van der Waals surface area contributed by atoms with Crippen LogP contribution in [0.5, 0.6) is 0 Å². The van der Waals surface area contributed by atoms with E-state index in [4.69, 9.17) is 9.47 Å². The third-order valence-corrected chi connectivity index (χ3v) is 4.06. The monoisotopic (exact) mass is 286 g/mol. The smallest absolute Gasteiger partial charge is 0.163 e. The van der Waals surface area contributed by atoms with E-state index in [1.807, 2.05) is 13.8 Å². The van der Waals surface area contributed by atoms with E-state index in [0.717, 1.165) is 5.33 Å². The summed E-state index contributed by atoms with van der Waals surface area (Å²) in [7, 11) is 0. The molecule has 11 heavy (non-hydrogen) atoms. The highest BCUT2D eigenvalue weighted by molar-refractivity contribution is 9.12. The molecular formula is C7H12Br2O2. The highest BCUT2D eigenvalue weighted by Crippen LogP contribution is 2.27. The lowest BCUT2D eigenvalue weighted by Gasteiger charge is -2.18. The van der Waals surface area contributed by atoms with Crippen molar-refractivity contribution in [2.24, 2.45) is 0 Å². The Hall–Kier alpha value is 0.880. The summed E-state index contributed by atoms with van der Waals surface area (Å²) in [6, 6.07) is 0. The van der Waals surface area contributed by atoms with E-state index in [0.29, 0.717) is 11.4 Å². The van der Waals surface area contributed by atoms with Crippen molar-refractivity contribution in [3.05, 3.63) is 0 Å². The molecule has 1 rings (SSSR count). The molecule has 1 saturated heterocycles. The molecule has 1 aliphatic heterocycles. The van der Waals surface area contributed by atoms with E-state index >= 15 is 0 Å². The van der Waals surface area contributed by atoms with Gasteiger partial charge in [-0.2, -0.15) is 0 Å². The van der Waals surface area contributed by atoms with Gasteiger partial charge in [-0.3, -0.25) is 0 Å². The van der Waals surface area contributed by atoms with E-state index in [9.17, 15) is 0 Å². The average Bonchev–Trinajstić information content (AvgIpc) is 2.29. The fraction of sp³-hybridized carbons (Fsp3) is 1.00. The van der Waals surface area contributed by atoms with Crippen LogP contribution in [0.25, 0.3) is 0 Å². The molecule has 1 aliphatic rings. The minimum absolute atomic E-state index is 0.171. The Morgan fingerprint density at radius 2 is 2.27 bits per heavy atom. The number of hydrogen-bond donors (Lipinski definition) is 0. The van der Waals surface area contributed by atoms with Crippen LogP contribution in [0.4, 0.5) is 0 Å². The minimum Gasteiger partial charge on any atom is -0.348 e. The van der Waals surface area contributed by atoms with Crippen LogP contribution >= 0.6 is 31.9 Å². The molecule has 0 N–H and O–H groups in total. The topological polar surface area (TPSA) is 18.5 Å². The van der Waals surface area contributed by atoms with Crippen molar-refractivity contribution in [2.45, 2.75) is 30.6 Å². The van der Waals surface area contributed by atoms with Crippen molar-refractivity contribution in [1.29, 1.82) is 0 Å². The summed E-state index contributed by atoms with van der Waals surface area (Å²) in [5.41, 5.74) is 0. The zero-order chi connectivity index (χ0) is 8.48. The van der Waals surface area contributed by atoms with Gasteiger partial charge in [-0.25, -0.2) is 0 Å². The van der Waals surface area contributed by atoms with Crippen molar-refractivity contribution in [3.8, 4) is 0 Å². The van der Waals surface area contributed by atoms with Crippen LogP contribution < -0.4 is 0 Å². The van der Waals surface area contributed by atoms with E-state index < -0.39 is 5.79 Å². The zero-order valence-corrected chi connectivity index (χ0v) is 9.81. The Balaban J connectivity index is 2.41. The number of halogens is 2. The van der Waals surface area contributed by atoms with Crippen LogP contribution in [0, 0.1) is 0 Å². The highest BCUT2D eigenvalue weighted by Gasteiger charge is 2.35. The van der Waals surface area contributed by atoms with Gasteiger partial charge in [0.25, 0.3) is 0 Å². The maximum Gasteiger partial charge on any atom is 0.163 e. The third-order valence-electron chi connectivity index (χ3n) is 1.58. The van der Waals surface area contributed by atoms with Gasteiger partial charge in [-0.15, -0.1) is 0 Å². The molecule has 0 aromatic heterocycles. The van der Waals surface area contributed by atoms with Crippen LogP contribution in [-0.2, 0) is 9.47 Å². The van der Waals surface area contributed by atoms with Crippen molar-refractivity contribution in [2.75, 3.05) is 11.9 Å². The van der Waals surface area contributed by atoms with Crippen molar-refractivity contribution in [3.63, 3.8) is 0 Å². The van der Waals surface area contributed by atoms with Crippen LogP contribution in [0.15, 0.2) is 0 Å². The average molecular weight is 288 g/mol. The normalized spacial score (nSPS) is 32.2. The summed E-state index contributed by atoms with van der Waals surface area (Å²) in [5.74, 6) is -0.404. The van der Waals surface area contributed by atoms with Crippen molar-refractivity contribution >= 4 is 31.9 Å². The molecule has 66 valence electrons. The van der Waals surface area contributed by atoms with E-state index in [1.165, 1.54) is 0 Å². The third kappa shape index (κ3) is 2.68. The van der Waals surface area contributed by atoms with Gasteiger partial charge >= 0.3 is 0 Å². The lowest BCUT2D eigenvalue weighted by atomic mass is 10.3. The molecule has 0 saturated carbocycles. The second kappa shape index (κ2) is 3.73. The largest absolute Gasteiger partial charge is 0.348 e. The predicted molar refractivity (Wildman–Crippen MR) is 51.4 cm³/mol. The highest BCUT2D eigenvalue weighted by atomic mass is 79.9. The minimum atomic E-state index is -0.404. The summed E-state index contributed by atoms with van der Waals surface area (Å²) in [4.78, 5) is 0.337. The first kappa shape index (κ1) is 9.96. The molecule has 1 fully saturated rings. The molecule has 4 heteroatoms. The summed E-state index contributed by atoms with van der Waals surface area (Å²) in [5, 5.41) is 0.886. The first-order chi connectivity index (χ1) is 5.05. The first-order valence-corrected chi connectivity index (χ1v) is 5.61. The SMILES string of the molecule is CC1(C)OCC(C(Br)CBr)O1. The van der Waals surface area contributed by atoms with E-state index in [-0.39, 0.29) is 6.10 Å². The summed E-state index contributed by atoms with van der Waals surface area (Å²) in [6.07, 6.45) is 0.171. The van der Waals surface area contributed by atoms with Gasteiger partial charge in [-0.1, -0.05) is 31.9 Å². The van der Waals surface area contributed by atoms with Gasteiger partial charge in [0.1, 0.15) is 0 Å². The molecule has 0 aliphatic carbocycles. The molecule has 0 aromatic carbocycles. The maximum atomic E-state index is 5.60. The second-order valence-corrected chi connectivity index (χ2v) is 4.86. The molecule has 0 amide bonds. The molecule has 2 atom stereocenters. The van der Waals surface area contributed by atoms with Gasteiger partial charge < -0.3 is 9.47 Å². The van der Waals surface area contributed by atoms with Crippen LogP contribution in [-0.4, -0.2) is 28.7 Å². The Morgan fingerprint density at radius 1 is 1.64 bits per heavy atom. The van der Waals surface area contributed by atoms with Crippen LogP contribution in [0.2, 0.25) is 0 Å². The zero-order valence-electron chi connectivity index (χ0n) is 6.64. The number of hydrogen-bond acceptors (Lipinski definition) is 2. The Kier molecular flexibility index (Phi) is 3.38. The number of rotatable bonds is 2. The molecule has 0 aromatic rings. The lowest BCUT2D eigenvalue weighted by molar-refractivity contribution is -0.137. The van der Waals surface area contributed by atoms with Crippen molar-refractivity contribution < 1.29 is 9.47 Å². The van der Waals surface area contributed by atoms with Gasteiger partial charge in [-0.05, 0) is 13.8 Å². The predicted octanol–water partition coefficient (Wildman–Crippen LogP) is 2.30. The standard InChI is InChI=1S/C7H12Br2O2/c1-7(2)10-4-6(11-7)5(9)3-8/h5-6H,3-4H2,1-2H3. The Morgan fingerprint density at radius 3 is 2.64 bits per heavy atom. The lowest BCUT2D eigenvalue weighted by Crippen LogP contribution is -2.27. The molecule has 2 nitrogen and oxygen atoms in total. The second-order valence-electron chi connectivity index (χ2n) is 3.04. The van der Waals surface area contributed by atoms with Crippen molar-refractivity contribution in [1.82, 2.24) is 0 Å². The molecule has 0 spiro atoms. The van der Waals surface area contributed by atoms with Crippen LogP contribution in [0.3, 0.4) is 0 Å². The summed E-state index contributed by atoms with van der Waals surface area (Å²) < 4.78 is 11.0. The molecule has 0 bridgehead atoms. The fourth-order valence-electron chi connectivity index (χ4n) is 0.993. The first-order valence-electron chi connectivity index (χ1n) is 3.57. The maximum absolute atomic E-state index is 5.60. The fourth-order valence-corrected chi connectivity index (χ4v) is 1.67. The van der Waals surface area contributed by atoms with E-state index in [2.05, 4.69) is 31.9 Å². The van der Waals surface area contributed by atoms with Gasteiger partial charge in [0, 0.05) is 5.33 Å². The molecule has 1 heterocycles. The van der Waals surface area contributed by atoms with Gasteiger partial charge in [0.2, 0.25) is 0 Å². The van der Waals surface area contributed by atoms with Gasteiger partial charge in [0.05, 0.1) is 17.5 Å². The Bertz CT molecular complexity index is 138.